The Labute approximate surface area is 143 Å². The molecule has 0 spiro atoms. The van der Waals surface area contributed by atoms with Crippen LogP contribution >= 0.6 is 0 Å². The lowest BCUT2D eigenvalue weighted by molar-refractivity contribution is -0.384. The van der Waals surface area contributed by atoms with Crippen molar-refractivity contribution in [2.24, 2.45) is 0 Å². The number of anilines is 2. The van der Waals surface area contributed by atoms with E-state index >= 15 is 0 Å². The van der Waals surface area contributed by atoms with Crippen LogP contribution in [0.5, 0.6) is 0 Å². The molecule has 1 atom stereocenters. The number of carbonyl (C=O) groups excluding carboxylic acids is 1. The quantitative estimate of drug-likeness (QED) is 0.543. The van der Waals surface area contributed by atoms with E-state index < -0.39 is 11.0 Å². The first-order valence-corrected chi connectivity index (χ1v) is 7.61. The van der Waals surface area contributed by atoms with Crippen molar-refractivity contribution in [1.82, 2.24) is 4.98 Å². The molecule has 0 aliphatic heterocycles. The number of nitro benzene ring substituents is 1. The molecule has 0 aliphatic rings. The van der Waals surface area contributed by atoms with Gasteiger partial charge in [0.25, 0.3) is 5.69 Å². The average Bonchev–Trinajstić information content (AvgIpc) is 2.94. The van der Waals surface area contributed by atoms with Crippen LogP contribution in [0, 0.1) is 17.0 Å². The number of nitro groups is 1. The van der Waals surface area contributed by atoms with Crippen molar-refractivity contribution in [1.29, 1.82) is 0 Å². The number of benzene rings is 2. The molecule has 3 rings (SSSR count). The fourth-order valence-electron chi connectivity index (χ4n) is 2.40. The highest BCUT2D eigenvalue weighted by atomic mass is 16.6. The van der Waals surface area contributed by atoms with Crippen LogP contribution in [-0.4, -0.2) is 21.9 Å². The number of rotatable bonds is 5. The molecule has 0 saturated carbocycles. The maximum absolute atomic E-state index is 12.3. The third-order valence-electron chi connectivity index (χ3n) is 3.60. The van der Waals surface area contributed by atoms with Gasteiger partial charge in [-0.2, -0.15) is 0 Å². The van der Waals surface area contributed by atoms with E-state index in [2.05, 4.69) is 15.6 Å². The van der Waals surface area contributed by atoms with Gasteiger partial charge in [-0.05, 0) is 31.2 Å². The normalized spacial score (nSPS) is 11.9. The Morgan fingerprint density at radius 2 is 2.04 bits per heavy atom. The molecule has 0 bridgehead atoms. The van der Waals surface area contributed by atoms with Crippen LogP contribution in [0.15, 0.2) is 46.9 Å². The fourth-order valence-corrected chi connectivity index (χ4v) is 2.40. The molecule has 2 aromatic carbocycles. The second kappa shape index (κ2) is 6.60. The Balaban J connectivity index is 1.69. The van der Waals surface area contributed by atoms with Crippen molar-refractivity contribution < 1.29 is 14.1 Å². The molecule has 1 aromatic heterocycles. The number of amides is 1. The number of aromatic nitrogens is 1. The van der Waals surface area contributed by atoms with Crippen molar-refractivity contribution in [2.45, 2.75) is 19.9 Å². The van der Waals surface area contributed by atoms with E-state index in [1.165, 1.54) is 18.2 Å². The predicted molar refractivity (Wildman–Crippen MR) is 93.6 cm³/mol. The van der Waals surface area contributed by atoms with Gasteiger partial charge in [0, 0.05) is 30.4 Å². The van der Waals surface area contributed by atoms with Gasteiger partial charge in [-0.3, -0.25) is 14.9 Å². The van der Waals surface area contributed by atoms with Gasteiger partial charge in [-0.15, -0.1) is 0 Å². The van der Waals surface area contributed by atoms with E-state index in [9.17, 15) is 14.9 Å². The molecule has 0 aliphatic carbocycles. The SMILES string of the molecule is Cc1nc2cc(N[C@@H](C)C(=O)Nc3cccc([N+](=O)[O-])c3)ccc2o1. The van der Waals surface area contributed by atoms with Gasteiger partial charge in [-0.1, -0.05) is 6.07 Å². The Morgan fingerprint density at radius 3 is 2.80 bits per heavy atom. The third-order valence-corrected chi connectivity index (χ3v) is 3.60. The molecule has 2 N–H and O–H groups in total. The number of hydrogen-bond donors (Lipinski definition) is 2. The minimum absolute atomic E-state index is 0.0785. The lowest BCUT2D eigenvalue weighted by Crippen LogP contribution is -2.31. The van der Waals surface area contributed by atoms with Gasteiger partial charge in [0.1, 0.15) is 11.6 Å². The number of nitrogens with zero attached hydrogens (tertiary/aromatic N) is 2. The average molecular weight is 340 g/mol. The summed E-state index contributed by atoms with van der Waals surface area (Å²) >= 11 is 0. The van der Waals surface area contributed by atoms with Crippen LogP contribution < -0.4 is 10.6 Å². The van der Waals surface area contributed by atoms with E-state index in [1.54, 1.807) is 38.1 Å². The number of carbonyl (C=O) groups is 1. The van der Waals surface area contributed by atoms with Crippen LogP contribution in [-0.2, 0) is 4.79 Å². The number of oxazole rings is 1. The molecule has 0 fully saturated rings. The zero-order valence-corrected chi connectivity index (χ0v) is 13.6. The maximum Gasteiger partial charge on any atom is 0.271 e. The summed E-state index contributed by atoms with van der Waals surface area (Å²) in [6.45, 7) is 3.47. The van der Waals surface area contributed by atoms with Crippen molar-refractivity contribution in [2.75, 3.05) is 10.6 Å². The van der Waals surface area contributed by atoms with Gasteiger partial charge in [0.2, 0.25) is 5.91 Å². The molecule has 128 valence electrons. The van der Waals surface area contributed by atoms with Crippen molar-refractivity contribution in [3.63, 3.8) is 0 Å². The van der Waals surface area contributed by atoms with Crippen LogP contribution in [0.1, 0.15) is 12.8 Å². The second-order valence-electron chi connectivity index (χ2n) is 5.58. The summed E-state index contributed by atoms with van der Waals surface area (Å²) in [5, 5.41) is 16.5. The molecule has 0 unspecified atom stereocenters. The first-order valence-electron chi connectivity index (χ1n) is 7.61. The van der Waals surface area contributed by atoms with Crippen LogP contribution in [0.3, 0.4) is 0 Å². The smallest absolute Gasteiger partial charge is 0.271 e. The summed E-state index contributed by atoms with van der Waals surface area (Å²) in [6, 6.07) is 10.6. The first-order chi connectivity index (χ1) is 11.9. The molecule has 3 aromatic rings. The summed E-state index contributed by atoms with van der Waals surface area (Å²) in [5.41, 5.74) is 2.40. The summed E-state index contributed by atoms with van der Waals surface area (Å²) in [6.07, 6.45) is 0. The Hall–Kier alpha value is -3.42. The molecule has 1 heterocycles. The predicted octanol–water partition coefficient (Wildman–Crippen LogP) is 3.48. The minimum Gasteiger partial charge on any atom is -0.441 e. The highest BCUT2D eigenvalue weighted by Crippen LogP contribution is 2.21. The van der Waals surface area contributed by atoms with E-state index in [1.807, 2.05) is 0 Å². The summed E-state index contributed by atoms with van der Waals surface area (Å²) < 4.78 is 5.41. The molecular formula is C17H16N4O4. The van der Waals surface area contributed by atoms with Crippen molar-refractivity contribution in [3.05, 3.63) is 58.5 Å². The molecule has 8 heteroatoms. The molecule has 0 saturated heterocycles. The molecule has 0 radical (unpaired) electrons. The van der Waals surface area contributed by atoms with Crippen molar-refractivity contribution >= 4 is 34.1 Å². The zero-order chi connectivity index (χ0) is 18.0. The topological polar surface area (TPSA) is 110 Å². The summed E-state index contributed by atoms with van der Waals surface area (Å²) in [7, 11) is 0. The largest absolute Gasteiger partial charge is 0.441 e. The maximum atomic E-state index is 12.3. The van der Waals surface area contributed by atoms with Gasteiger partial charge < -0.3 is 15.1 Å². The van der Waals surface area contributed by atoms with E-state index in [0.29, 0.717) is 22.7 Å². The first kappa shape index (κ1) is 16.4. The monoisotopic (exact) mass is 340 g/mol. The lowest BCUT2D eigenvalue weighted by atomic mass is 10.2. The zero-order valence-electron chi connectivity index (χ0n) is 13.6. The van der Waals surface area contributed by atoms with E-state index in [0.717, 1.165) is 5.69 Å². The highest BCUT2D eigenvalue weighted by molar-refractivity contribution is 5.96. The van der Waals surface area contributed by atoms with Crippen LogP contribution in [0.4, 0.5) is 17.1 Å². The summed E-state index contributed by atoms with van der Waals surface area (Å²) in [4.78, 5) is 26.8. The molecule has 1 amide bonds. The number of nitrogens with one attached hydrogen (secondary N) is 2. The Bertz CT molecular complexity index is 951. The number of non-ortho nitro benzene ring substituents is 1. The van der Waals surface area contributed by atoms with E-state index in [-0.39, 0.29) is 11.6 Å². The van der Waals surface area contributed by atoms with Crippen molar-refractivity contribution in [3.8, 4) is 0 Å². The van der Waals surface area contributed by atoms with E-state index in [4.69, 9.17) is 4.42 Å². The Morgan fingerprint density at radius 1 is 1.24 bits per heavy atom. The number of hydrogen-bond acceptors (Lipinski definition) is 6. The fraction of sp³-hybridized carbons (Fsp3) is 0.176. The Kier molecular flexibility index (Phi) is 4.34. The molecule has 25 heavy (non-hydrogen) atoms. The van der Waals surface area contributed by atoms with Gasteiger partial charge in [0.05, 0.1) is 4.92 Å². The second-order valence-corrected chi connectivity index (χ2v) is 5.58. The highest BCUT2D eigenvalue weighted by Gasteiger charge is 2.15. The summed E-state index contributed by atoms with van der Waals surface area (Å²) in [5.74, 6) is 0.264. The molecule has 8 nitrogen and oxygen atoms in total. The standard InChI is InChI=1S/C17H16N4O4/c1-10(17(22)20-12-4-3-5-14(8-12)21(23)24)18-13-6-7-16-15(9-13)19-11(2)25-16/h3-10,18H,1-2H3,(H,20,22)/t10-/m0/s1. The molecular weight excluding hydrogens is 324 g/mol. The lowest BCUT2D eigenvalue weighted by Gasteiger charge is -2.15. The minimum atomic E-state index is -0.551. The van der Waals surface area contributed by atoms with Gasteiger partial charge >= 0.3 is 0 Å². The van der Waals surface area contributed by atoms with Gasteiger partial charge in [-0.25, -0.2) is 4.98 Å². The number of aryl methyl sites for hydroxylation is 1. The van der Waals surface area contributed by atoms with Crippen LogP contribution in [0.25, 0.3) is 11.1 Å². The van der Waals surface area contributed by atoms with Gasteiger partial charge in [0.15, 0.2) is 11.5 Å². The number of fused-ring (bicyclic) bond motifs is 1. The third kappa shape index (κ3) is 3.74. The van der Waals surface area contributed by atoms with Crippen LogP contribution in [0.2, 0.25) is 0 Å².